The van der Waals surface area contributed by atoms with E-state index >= 15 is 0 Å². The van der Waals surface area contributed by atoms with Crippen molar-refractivity contribution in [3.8, 4) is 0 Å². The summed E-state index contributed by atoms with van der Waals surface area (Å²) in [5.41, 5.74) is -2.16. The van der Waals surface area contributed by atoms with Crippen molar-refractivity contribution in [1.29, 1.82) is 0 Å². The Morgan fingerprint density at radius 1 is 0.944 bits per heavy atom. The summed E-state index contributed by atoms with van der Waals surface area (Å²) in [6.45, 7) is 6.61. The number of esters is 2. The third kappa shape index (κ3) is 9.55. The summed E-state index contributed by atoms with van der Waals surface area (Å²) >= 11 is 0. The third-order valence-corrected chi connectivity index (χ3v) is 6.26. The standard InChI is InChI=1S/C22H32F2NO10P/c1-21(2,3)19(27)32-12-34-36(30,35-13-33-20(28)22(4,5)6)18(31-11-17(26)25(7)29)14-8-9-15(23)16(24)10-14/h8-10,18,29H,11-13H2,1-7H3. The smallest absolute Gasteiger partial charge is 0.369 e. The quantitative estimate of drug-likeness (QED) is 0.144. The van der Waals surface area contributed by atoms with Crippen LogP contribution < -0.4 is 0 Å². The van der Waals surface area contributed by atoms with Crippen LogP contribution in [0.1, 0.15) is 53.0 Å². The zero-order chi connectivity index (χ0) is 27.9. The molecule has 0 bridgehead atoms. The van der Waals surface area contributed by atoms with Gasteiger partial charge in [-0.25, -0.2) is 13.8 Å². The van der Waals surface area contributed by atoms with E-state index in [1.54, 1.807) is 41.5 Å². The van der Waals surface area contributed by atoms with Crippen LogP contribution in [0.15, 0.2) is 18.2 Å². The Kier molecular flexibility index (Phi) is 11.1. The van der Waals surface area contributed by atoms with Crippen molar-refractivity contribution in [2.24, 2.45) is 10.8 Å². The van der Waals surface area contributed by atoms with E-state index in [1.165, 1.54) is 0 Å². The highest BCUT2D eigenvalue weighted by molar-refractivity contribution is 7.54. The van der Waals surface area contributed by atoms with Gasteiger partial charge in [0.1, 0.15) is 6.61 Å². The zero-order valence-electron chi connectivity index (χ0n) is 21.2. The topological polar surface area (TPSA) is 138 Å². The van der Waals surface area contributed by atoms with Crippen LogP contribution in [0.4, 0.5) is 8.78 Å². The number of nitrogens with zero attached hydrogens (tertiary/aromatic N) is 1. The molecule has 0 radical (unpaired) electrons. The summed E-state index contributed by atoms with van der Waals surface area (Å²) in [6, 6.07) is 2.34. The van der Waals surface area contributed by atoms with Gasteiger partial charge in [-0.1, -0.05) is 6.07 Å². The number of ether oxygens (including phenoxy) is 3. The molecule has 0 heterocycles. The van der Waals surface area contributed by atoms with Crippen LogP contribution in [0.2, 0.25) is 0 Å². The normalized spacial score (nSPS) is 13.2. The fourth-order valence-electron chi connectivity index (χ4n) is 2.19. The number of carbonyl (C=O) groups excluding carboxylic acids is 3. The van der Waals surface area contributed by atoms with Crippen molar-refractivity contribution in [3.63, 3.8) is 0 Å². The van der Waals surface area contributed by atoms with Gasteiger partial charge in [-0.2, -0.15) is 0 Å². The Morgan fingerprint density at radius 3 is 1.81 bits per heavy atom. The molecule has 0 fully saturated rings. The molecule has 36 heavy (non-hydrogen) atoms. The lowest BCUT2D eigenvalue weighted by Gasteiger charge is -2.28. The molecule has 11 nitrogen and oxygen atoms in total. The molecule has 0 saturated heterocycles. The minimum Gasteiger partial charge on any atom is -0.438 e. The lowest BCUT2D eigenvalue weighted by atomic mass is 9.98. The van der Waals surface area contributed by atoms with E-state index in [4.69, 9.17) is 23.3 Å². The molecule has 204 valence electrons. The van der Waals surface area contributed by atoms with Crippen molar-refractivity contribution < 1.29 is 56.2 Å². The van der Waals surface area contributed by atoms with Gasteiger partial charge in [0.25, 0.3) is 5.91 Å². The van der Waals surface area contributed by atoms with E-state index in [9.17, 15) is 32.9 Å². The van der Waals surface area contributed by atoms with E-state index in [2.05, 4.69) is 0 Å². The van der Waals surface area contributed by atoms with Gasteiger partial charge < -0.3 is 14.2 Å². The third-order valence-electron chi connectivity index (χ3n) is 4.31. The molecule has 0 aliphatic heterocycles. The minimum atomic E-state index is -4.71. The number of hydrogen-bond acceptors (Lipinski definition) is 10. The number of benzene rings is 1. The van der Waals surface area contributed by atoms with E-state index in [-0.39, 0.29) is 10.6 Å². The molecule has 1 atom stereocenters. The van der Waals surface area contributed by atoms with Gasteiger partial charge in [-0.05, 0) is 59.2 Å². The molecule has 1 amide bonds. The van der Waals surface area contributed by atoms with Crippen molar-refractivity contribution in [2.45, 2.75) is 47.4 Å². The molecule has 0 aromatic heterocycles. The Labute approximate surface area is 208 Å². The van der Waals surface area contributed by atoms with Gasteiger partial charge in [0.2, 0.25) is 13.6 Å². The lowest BCUT2D eigenvalue weighted by molar-refractivity contribution is -0.166. The second kappa shape index (κ2) is 12.7. The summed E-state index contributed by atoms with van der Waals surface area (Å²) < 4.78 is 67.0. The second-order valence-electron chi connectivity index (χ2n) is 9.65. The Hall–Kier alpha value is -2.44. The largest absolute Gasteiger partial charge is 0.438 e. The molecule has 0 aliphatic carbocycles. The summed E-state index contributed by atoms with van der Waals surface area (Å²) in [5, 5.41) is 9.48. The fourth-order valence-corrected chi connectivity index (χ4v) is 3.72. The molecule has 0 aliphatic rings. The number of halogens is 2. The average molecular weight is 539 g/mol. The Balaban J connectivity index is 3.32. The molecule has 0 saturated carbocycles. The van der Waals surface area contributed by atoms with E-state index in [1.807, 2.05) is 0 Å². The molecule has 1 unspecified atom stereocenters. The van der Waals surface area contributed by atoms with Crippen molar-refractivity contribution in [1.82, 2.24) is 5.06 Å². The number of amides is 1. The van der Waals surface area contributed by atoms with Crippen LogP contribution >= 0.6 is 7.60 Å². The molecule has 1 rings (SSSR count). The minimum absolute atomic E-state index is 0.186. The molecule has 1 N–H and O–H groups in total. The van der Waals surface area contributed by atoms with Gasteiger partial charge >= 0.3 is 19.5 Å². The van der Waals surface area contributed by atoms with Gasteiger partial charge in [0, 0.05) is 7.05 Å². The van der Waals surface area contributed by atoms with E-state index in [0.717, 1.165) is 13.1 Å². The lowest BCUT2D eigenvalue weighted by Crippen LogP contribution is -2.28. The highest BCUT2D eigenvalue weighted by Gasteiger charge is 2.41. The maximum Gasteiger partial charge on any atom is 0.369 e. The van der Waals surface area contributed by atoms with Crippen molar-refractivity contribution >= 4 is 25.4 Å². The summed E-state index contributed by atoms with van der Waals surface area (Å²) in [6.07, 6.45) is 0. The highest BCUT2D eigenvalue weighted by atomic mass is 31.2. The number of hydroxylamine groups is 2. The van der Waals surface area contributed by atoms with Crippen LogP contribution in [0.25, 0.3) is 0 Å². The molecule has 0 spiro atoms. The fraction of sp³-hybridized carbons (Fsp3) is 0.591. The number of likely N-dealkylation sites (N-methyl/N-ethyl adjacent to an activating group) is 1. The molecule has 1 aromatic rings. The number of rotatable bonds is 11. The summed E-state index contributed by atoms with van der Waals surface area (Å²) in [5.74, 6) is -6.90. The maximum absolute atomic E-state index is 14.0. The highest BCUT2D eigenvalue weighted by Crippen LogP contribution is 2.61. The van der Waals surface area contributed by atoms with Crippen LogP contribution in [0.3, 0.4) is 0 Å². The van der Waals surface area contributed by atoms with Crippen LogP contribution in [0.5, 0.6) is 0 Å². The first-order valence-electron chi connectivity index (χ1n) is 10.6. The van der Waals surface area contributed by atoms with Crippen LogP contribution in [-0.2, 0) is 42.2 Å². The number of hydrogen-bond donors (Lipinski definition) is 1. The Morgan fingerprint density at radius 2 is 1.42 bits per heavy atom. The van der Waals surface area contributed by atoms with Gasteiger partial charge in [0.15, 0.2) is 17.5 Å². The zero-order valence-corrected chi connectivity index (χ0v) is 22.1. The van der Waals surface area contributed by atoms with Crippen molar-refractivity contribution in [3.05, 3.63) is 35.4 Å². The van der Waals surface area contributed by atoms with E-state index < -0.39 is 73.9 Å². The molecular weight excluding hydrogens is 507 g/mol. The monoisotopic (exact) mass is 539 g/mol. The maximum atomic E-state index is 14.0. The summed E-state index contributed by atoms with van der Waals surface area (Å²) in [4.78, 5) is 36.0. The van der Waals surface area contributed by atoms with Crippen molar-refractivity contribution in [2.75, 3.05) is 27.2 Å². The summed E-state index contributed by atoms with van der Waals surface area (Å²) in [7, 11) is -3.71. The van der Waals surface area contributed by atoms with Gasteiger partial charge in [0.05, 0.1) is 10.8 Å². The first-order valence-corrected chi connectivity index (χ1v) is 12.2. The van der Waals surface area contributed by atoms with Gasteiger partial charge in [-0.15, -0.1) is 0 Å². The first kappa shape index (κ1) is 31.6. The molecular formula is C22H32F2NO10P. The molecule has 14 heteroatoms. The molecule has 1 aromatic carbocycles. The number of carbonyl (C=O) groups is 3. The van der Waals surface area contributed by atoms with Crippen LogP contribution in [0, 0.1) is 22.5 Å². The predicted molar refractivity (Wildman–Crippen MR) is 120 cm³/mol. The SMILES string of the molecule is CN(O)C(=O)COC(c1ccc(F)c(F)c1)P(=O)(OCOC(=O)C(C)(C)C)OCOC(=O)C(C)(C)C. The second-order valence-corrected chi connectivity index (χ2v) is 11.7. The predicted octanol–water partition coefficient (Wildman–Crippen LogP) is 4.15. The Bertz CT molecular complexity index is 952. The van der Waals surface area contributed by atoms with Gasteiger partial charge in [-0.3, -0.25) is 33.2 Å². The average Bonchev–Trinajstić information content (AvgIpc) is 2.74. The van der Waals surface area contributed by atoms with E-state index in [0.29, 0.717) is 12.1 Å². The first-order chi connectivity index (χ1) is 16.4. The van der Waals surface area contributed by atoms with Crippen LogP contribution in [-0.4, -0.2) is 55.4 Å².